The molecular weight excluding hydrogens is 227 g/mol. The summed E-state index contributed by atoms with van der Waals surface area (Å²) < 4.78 is 13.7. The zero-order chi connectivity index (χ0) is 13.0. The van der Waals surface area contributed by atoms with Crippen LogP contribution in [0.15, 0.2) is 42.5 Å². The average Bonchev–Trinajstić information content (AvgIpc) is 2.37. The second-order valence-corrected chi connectivity index (χ2v) is 4.57. The average molecular weight is 244 g/mol. The molecule has 0 radical (unpaired) electrons. The summed E-state index contributed by atoms with van der Waals surface area (Å²) >= 11 is 0. The van der Waals surface area contributed by atoms with Crippen molar-refractivity contribution in [1.82, 2.24) is 4.98 Å². The molecule has 0 spiro atoms. The summed E-state index contributed by atoms with van der Waals surface area (Å²) in [4.78, 5) is 3.93. The van der Waals surface area contributed by atoms with Crippen LogP contribution in [0.25, 0.3) is 0 Å². The van der Waals surface area contributed by atoms with Gasteiger partial charge in [0.15, 0.2) is 0 Å². The SMILES string of the molecule is CC(C)c1ccc(NCc2ccccc2)nc1F. The molecule has 0 saturated carbocycles. The smallest absolute Gasteiger partial charge is 0.218 e. The molecule has 18 heavy (non-hydrogen) atoms. The van der Waals surface area contributed by atoms with Crippen molar-refractivity contribution in [2.45, 2.75) is 26.3 Å². The zero-order valence-corrected chi connectivity index (χ0v) is 10.7. The van der Waals surface area contributed by atoms with Crippen LogP contribution in [0.3, 0.4) is 0 Å². The molecule has 2 nitrogen and oxygen atoms in total. The van der Waals surface area contributed by atoms with Crippen molar-refractivity contribution in [2.24, 2.45) is 0 Å². The molecule has 0 bridgehead atoms. The summed E-state index contributed by atoms with van der Waals surface area (Å²) in [6, 6.07) is 13.6. The molecule has 0 saturated heterocycles. The summed E-state index contributed by atoms with van der Waals surface area (Å²) in [5.41, 5.74) is 1.80. The molecule has 2 aromatic rings. The molecule has 1 aromatic carbocycles. The van der Waals surface area contributed by atoms with E-state index >= 15 is 0 Å². The zero-order valence-electron chi connectivity index (χ0n) is 10.7. The molecule has 94 valence electrons. The molecule has 0 aliphatic heterocycles. The monoisotopic (exact) mass is 244 g/mol. The first-order chi connectivity index (χ1) is 8.66. The number of benzene rings is 1. The van der Waals surface area contributed by atoms with E-state index in [1.165, 1.54) is 0 Å². The van der Waals surface area contributed by atoms with Gasteiger partial charge in [-0.2, -0.15) is 4.39 Å². The van der Waals surface area contributed by atoms with Gasteiger partial charge in [0, 0.05) is 12.1 Å². The number of rotatable bonds is 4. The molecule has 0 aliphatic carbocycles. The molecule has 0 fully saturated rings. The Morgan fingerprint density at radius 3 is 2.44 bits per heavy atom. The minimum absolute atomic E-state index is 0.153. The first kappa shape index (κ1) is 12.6. The minimum atomic E-state index is -0.386. The molecule has 1 N–H and O–H groups in total. The van der Waals surface area contributed by atoms with Gasteiger partial charge >= 0.3 is 0 Å². The number of hydrogen-bond donors (Lipinski definition) is 1. The Labute approximate surface area is 107 Å². The molecule has 1 heterocycles. The van der Waals surface area contributed by atoms with Crippen molar-refractivity contribution >= 4 is 5.82 Å². The largest absolute Gasteiger partial charge is 0.366 e. The summed E-state index contributed by atoms with van der Waals surface area (Å²) in [6.45, 7) is 4.56. The van der Waals surface area contributed by atoms with Crippen LogP contribution in [0.2, 0.25) is 0 Å². The number of anilines is 1. The summed E-state index contributed by atoms with van der Waals surface area (Å²) in [5.74, 6) is 0.337. The van der Waals surface area contributed by atoms with E-state index in [9.17, 15) is 4.39 Å². The van der Waals surface area contributed by atoms with E-state index in [-0.39, 0.29) is 11.9 Å². The topological polar surface area (TPSA) is 24.9 Å². The normalized spacial score (nSPS) is 10.7. The number of pyridine rings is 1. The fourth-order valence-corrected chi connectivity index (χ4v) is 1.76. The maximum atomic E-state index is 13.7. The predicted octanol–water partition coefficient (Wildman–Crippen LogP) is 3.96. The number of nitrogens with one attached hydrogen (secondary N) is 1. The lowest BCUT2D eigenvalue weighted by molar-refractivity contribution is 0.558. The van der Waals surface area contributed by atoms with Crippen LogP contribution in [-0.4, -0.2) is 4.98 Å². The van der Waals surface area contributed by atoms with Gasteiger partial charge in [-0.15, -0.1) is 0 Å². The number of halogens is 1. The van der Waals surface area contributed by atoms with Gasteiger partial charge in [-0.05, 0) is 17.5 Å². The van der Waals surface area contributed by atoms with Crippen LogP contribution in [0, 0.1) is 5.95 Å². The van der Waals surface area contributed by atoms with Crippen LogP contribution >= 0.6 is 0 Å². The Balaban J connectivity index is 2.05. The lowest BCUT2D eigenvalue weighted by atomic mass is 10.1. The van der Waals surface area contributed by atoms with Gasteiger partial charge in [-0.1, -0.05) is 50.2 Å². The number of nitrogens with zero attached hydrogens (tertiary/aromatic N) is 1. The maximum absolute atomic E-state index is 13.7. The van der Waals surface area contributed by atoms with Crippen molar-refractivity contribution in [2.75, 3.05) is 5.32 Å². The number of hydrogen-bond acceptors (Lipinski definition) is 2. The standard InChI is InChI=1S/C15H17FN2/c1-11(2)13-8-9-14(18-15(13)16)17-10-12-6-4-3-5-7-12/h3-9,11H,10H2,1-2H3,(H,17,18). The second-order valence-electron chi connectivity index (χ2n) is 4.57. The quantitative estimate of drug-likeness (QED) is 0.823. The highest BCUT2D eigenvalue weighted by Crippen LogP contribution is 2.18. The Hall–Kier alpha value is -1.90. The third-order valence-electron chi connectivity index (χ3n) is 2.82. The Morgan fingerprint density at radius 2 is 1.83 bits per heavy atom. The third-order valence-corrected chi connectivity index (χ3v) is 2.82. The molecule has 2 rings (SSSR count). The van der Waals surface area contributed by atoms with E-state index in [1.54, 1.807) is 6.07 Å². The van der Waals surface area contributed by atoms with Gasteiger partial charge in [0.1, 0.15) is 5.82 Å². The maximum Gasteiger partial charge on any atom is 0.218 e. The molecule has 1 aromatic heterocycles. The van der Waals surface area contributed by atoms with Crippen LogP contribution in [0.5, 0.6) is 0 Å². The Bertz CT molecular complexity index is 509. The van der Waals surface area contributed by atoms with Gasteiger partial charge in [0.2, 0.25) is 5.95 Å². The highest BCUT2D eigenvalue weighted by molar-refractivity contribution is 5.37. The van der Waals surface area contributed by atoms with E-state index in [1.807, 2.05) is 50.2 Å². The van der Waals surface area contributed by atoms with E-state index in [0.717, 1.165) is 5.56 Å². The van der Waals surface area contributed by atoms with Crippen molar-refractivity contribution in [3.63, 3.8) is 0 Å². The van der Waals surface area contributed by atoms with Gasteiger partial charge in [0.05, 0.1) is 0 Å². The van der Waals surface area contributed by atoms with Crippen molar-refractivity contribution < 1.29 is 4.39 Å². The third kappa shape index (κ3) is 3.06. The van der Waals surface area contributed by atoms with E-state index < -0.39 is 0 Å². The molecule has 0 aliphatic rings. The molecule has 3 heteroatoms. The minimum Gasteiger partial charge on any atom is -0.366 e. The molecule has 0 unspecified atom stereocenters. The summed E-state index contributed by atoms with van der Waals surface area (Å²) in [7, 11) is 0. The van der Waals surface area contributed by atoms with Gasteiger partial charge < -0.3 is 5.32 Å². The van der Waals surface area contributed by atoms with Gasteiger partial charge in [0.25, 0.3) is 0 Å². The van der Waals surface area contributed by atoms with E-state index in [4.69, 9.17) is 0 Å². The Morgan fingerprint density at radius 1 is 1.11 bits per heavy atom. The van der Waals surface area contributed by atoms with Crippen LogP contribution in [0.1, 0.15) is 30.9 Å². The predicted molar refractivity (Wildman–Crippen MR) is 72.1 cm³/mol. The Kier molecular flexibility index (Phi) is 3.92. The van der Waals surface area contributed by atoms with Crippen molar-refractivity contribution in [3.8, 4) is 0 Å². The van der Waals surface area contributed by atoms with Gasteiger partial charge in [-0.3, -0.25) is 0 Å². The summed E-state index contributed by atoms with van der Waals surface area (Å²) in [6.07, 6.45) is 0. The van der Waals surface area contributed by atoms with Crippen LogP contribution < -0.4 is 5.32 Å². The van der Waals surface area contributed by atoms with E-state index in [0.29, 0.717) is 17.9 Å². The molecular formula is C15H17FN2. The van der Waals surface area contributed by atoms with Crippen LogP contribution in [0.4, 0.5) is 10.2 Å². The highest BCUT2D eigenvalue weighted by atomic mass is 19.1. The van der Waals surface area contributed by atoms with Crippen molar-refractivity contribution in [3.05, 3.63) is 59.5 Å². The first-order valence-electron chi connectivity index (χ1n) is 6.11. The molecule has 0 atom stereocenters. The number of aromatic nitrogens is 1. The van der Waals surface area contributed by atoms with Crippen molar-refractivity contribution in [1.29, 1.82) is 0 Å². The lowest BCUT2D eigenvalue weighted by Crippen LogP contribution is -2.04. The first-order valence-corrected chi connectivity index (χ1v) is 6.11. The van der Waals surface area contributed by atoms with E-state index in [2.05, 4.69) is 10.3 Å². The molecule has 0 amide bonds. The fourth-order valence-electron chi connectivity index (χ4n) is 1.76. The summed E-state index contributed by atoms with van der Waals surface area (Å²) in [5, 5.41) is 3.12. The second kappa shape index (κ2) is 5.63. The van der Waals surface area contributed by atoms with Crippen LogP contribution in [-0.2, 0) is 6.54 Å². The highest BCUT2D eigenvalue weighted by Gasteiger charge is 2.08. The lowest BCUT2D eigenvalue weighted by Gasteiger charge is -2.09. The van der Waals surface area contributed by atoms with Gasteiger partial charge in [-0.25, -0.2) is 4.98 Å². The fraction of sp³-hybridized carbons (Fsp3) is 0.267.